The van der Waals surface area contributed by atoms with E-state index in [1.54, 1.807) is 6.08 Å². The Bertz CT molecular complexity index is 1210. The molecule has 0 atom stereocenters. The van der Waals surface area contributed by atoms with Crippen molar-refractivity contribution in [3.8, 4) is 17.2 Å². The fraction of sp³-hybridized carbons (Fsp3) is 0.333. The molecule has 6 nitrogen and oxygen atoms in total. The number of rotatable bonds is 10. The molecular formula is C24H24Cl2F3N3O3. The summed E-state index contributed by atoms with van der Waals surface area (Å²) < 4.78 is 52.4. The number of aryl methyl sites for hydroxylation is 3. The Kier molecular flexibility index (Phi) is 8.91. The molecule has 0 amide bonds. The molecule has 0 bridgehead atoms. The van der Waals surface area contributed by atoms with Gasteiger partial charge in [-0.25, -0.2) is 4.79 Å². The summed E-state index contributed by atoms with van der Waals surface area (Å²) >= 11 is 11.2. The summed E-state index contributed by atoms with van der Waals surface area (Å²) in [7, 11) is 0. The molecule has 1 heterocycles. The molecule has 0 spiro atoms. The summed E-state index contributed by atoms with van der Waals surface area (Å²) in [6, 6.07) is 8.03. The normalized spacial score (nSPS) is 11.4. The molecule has 3 rings (SSSR count). The number of aromatic nitrogens is 3. The summed E-state index contributed by atoms with van der Waals surface area (Å²) in [6.07, 6.45) is -0.164. The van der Waals surface area contributed by atoms with Crippen LogP contribution in [0.5, 0.6) is 11.5 Å². The average molecular weight is 530 g/mol. The van der Waals surface area contributed by atoms with Gasteiger partial charge in [0.2, 0.25) is 0 Å². The second kappa shape index (κ2) is 11.7. The second-order valence-electron chi connectivity index (χ2n) is 7.81. The van der Waals surface area contributed by atoms with Crippen LogP contribution in [0.1, 0.15) is 29.5 Å². The number of ether oxygens (including phenoxy) is 2. The Balaban J connectivity index is 1.51. The quantitative estimate of drug-likeness (QED) is 0.292. The molecule has 0 saturated carbocycles. The molecule has 11 heteroatoms. The molecule has 0 aliphatic heterocycles. The minimum Gasteiger partial charge on any atom is -0.493 e. The zero-order chi connectivity index (χ0) is 25.6. The molecule has 0 aliphatic carbocycles. The standard InChI is InChI=1S/C24H24Cl2F3N3O3/c1-16-13-20(34-12-9-21(25)26)14-17(2)22(16)35-11-4-3-10-31-15-30-32(23(31)33)19-7-5-18(6-8-19)24(27,28)29/h5-9,13-15H,3-4,10-12H2,1-2H3. The second-order valence-corrected chi connectivity index (χ2v) is 8.82. The van der Waals surface area contributed by atoms with E-state index in [0.717, 1.165) is 33.7 Å². The van der Waals surface area contributed by atoms with Crippen molar-refractivity contribution in [1.29, 1.82) is 0 Å². The zero-order valence-electron chi connectivity index (χ0n) is 19.1. The zero-order valence-corrected chi connectivity index (χ0v) is 20.6. The van der Waals surface area contributed by atoms with Crippen LogP contribution in [0.25, 0.3) is 5.69 Å². The van der Waals surface area contributed by atoms with Crippen molar-refractivity contribution in [2.75, 3.05) is 13.2 Å². The highest BCUT2D eigenvalue weighted by atomic mass is 35.5. The molecule has 0 saturated heterocycles. The largest absolute Gasteiger partial charge is 0.493 e. The Morgan fingerprint density at radius 3 is 2.31 bits per heavy atom. The number of benzene rings is 2. The first kappa shape index (κ1) is 26.7. The van der Waals surface area contributed by atoms with E-state index in [-0.39, 0.29) is 16.8 Å². The summed E-state index contributed by atoms with van der Waals surface area (Å²) in [5.74, 6) is 1.46. The summed E-state index contributed by atoms with van der Waals surface area (Å²) in [5, 5.41) is 4.01. The minimum absolute atomic E-state index is 0.146. The van der Waals surface area contributed by atoms with Crippen LogP contribution in [0.4, 0.5) is 13.2 Å². The molecule has 0 N–H and O–H groups in total. The number of halogens is 5. The molecule has 0 radical (unpaired) electrons. The Morgan fingerprint density at radius 2 is 1.71 bits per heavy atom. The lowest BCUT2D eigenvalue weighted by Gasteiger charge is -2.14. The van der Waals surface area contributed by atoms with Crippen LogP contribution in [0.15, 0.2) is 58.1 Å². The molecule has 3 aromatic rings. The van der Waals surface area contributed by atoms with Crippen molar-refractivity contribution in [3.63, 3.8) is 0 Å². The van der Waals surface area contributed by atoms with Gasteiger partial charge in [0.25, 0.3) is 0 Å². The van der Waals surface area contributed by atoms with Crippen molar-refractivity contribution >= 4 is 23.2 Å². The smallest absolute Gasteiger partial charge is 0.416 e. The van der Waals surface area contributed by atoms with Crippen LogP contribution < -0.4 is 15.2 Å². The van der Waals surface area contributed by atoms with Gasteiger partial charge in [0, 0.05) is 6.54 Å². The summed E-state index contributed by atoms with van der Waals surface area (Å²) in [4.78, 5) is 12.5. The van der Waals surface area contributed by atoms with Crippen LogP contribution in [0, 0.1) is 13.8 Å². The number of alkyl halides is 3. The molecule has 0 aliphatic rings. The van der Waals surface area contributed by atoms with Gasteiger partial charge in [-0.3, -0.25) is 4.57 Å². The lowest BCUT2D eigenvalue weighted by molar-refractivity contribution is -0.137. The highest BCUT2D eigenvalue weighted by Gasteiger charge is 2.30. The molecule has 1 aromatic heterocycles. The van der Waals surface area contributed by atoms with Gasteiger partial charge in [-0.1, -0.05) is 23.2 Å². The molecule has 0 fully saturated rings. The van der Waals surface area contributed by atoms with E-state index in [4.69, 9.17) is 32.7 Å². The summed E-state index contributed by atoms with van der Waals surface area (Å²) in [6.45, 7) is 4.97. The number of hydrogen-bond acceptors (Lipinski definition) is 4. The minimum atomic E-state index is -4.44. The fourth-order valence-corrected chi connectivity index (χ4v) is 3.56. The van der Waals surface area contributed by atoms with E-state index in [9.17, 15) is 18.0 Å². The topological polar surface area (TPSA) is 58.3 Å². The Labute approximate surface area is 210 Å². The van der Waals surface area contributed by atoms with Gasteiger partial charge in [-0.2, -0.15) is 23.0 Å². The maximum Gasteiger partial charge on any atom is 0.416 e. The van der Waals surface area contributed by atoms with Gasteiger partial charge in [-0.05, 0) is 80.3 Å². The predicted octanol–water partition coefficient (Wildman–Crippen LogP) is 6.23. The molecule has 2 aromatic carbocycles. The Morgan fingerprint density at radius 1 is 1.06 bits per heavy atom. The van der Waals surface area contributed by atoms with E-state index in [1.807, 2.05) is 26.0 Å². The first-order chi connectivity index (χ1) is 16.6. The van der Waals surface area contributed by atoms with E-state index < -0.39 is 17.4 Å². The highest BCUT2D eigenvalue weighted by molar-refractivity contribution is 6.55. The predicted molar refractivity (Wildman–Crippen MR) is 129 cm³/mol. The van der Waals surface area contributed by atoms with Gasteiger partial charge >= 0.3 is 11.9 Å². The monoisotopic (exact) mass is 529 g/mol. The van der Waals surface area contributed by atoms with E-state index in [1.165, 1.54) is 23.0 Å². The van der Waals surface area contributed by atoms with Crippen LogP contribution in [-0.2, 0) is 12.7 Å². The molecule has 188 valence electrons. The lowest BCUT2D eigenvalue weighted by Crippen LogP contribution is -2.24. The van der Waals surface area contributed by atoms with Crippen molar-refractivity contribution in [2.24, 2.45) is 0 Å². The number of hydrogen-bond donors (Lipinski definition) is 0. The van der Waals surface area contributed by atoms with Gasteiger partial charge < -0.3 is 9.47 Å². The van der Waals surface area contributed by atoms with Gasteiger partial charge in [0.05, 0.1) is 17.9 Å². The number of nitrogens with zero attached hydrogens (tertiary/aromatic N) is 3. The fourth-order valence-electron chi connectivity index (χ4n) is 3.44. The maximum absolute atomic E-state index is 12.7. The molecular weight excluding hydrogens is 506 g/mol. The molecule has 0 unspecified atom stereocenters. The van der Waals surface area contributed by atoms with Crippen molar-refractivity contribution in [1.82, 2.24) is 14.3 Å². The third-order valence-corrected chi connectivity index (χ3v) is 5.44. The van der Waals surface area contributed by atoms with Crippen molar-refractivity contribution < 1.29 is 22.6 Å². The van der Waals surface area contributed by atoms with E-state index in [0.29, 0.717) is 31.7 Å². The molecule has 35 heavy (non-hydrogen) atoms. The number of unbranched alkanes of at least 4 members (excludes halogenated alkanes) is 1. The SMILES string of the molecule is Cc1cc(OCC=C(Cl)Cl)cc(C)c1OCCCCn1cnn(-c2ccc(C(F)(F)F)cc2)c1=O. The van der Waals surface area contributed by atoms with Crippen LogP contribution >= 0.6 is 23.2 Å². The van der Waals surface area contributed by atoms with E-state index in [2.05, 4.69) is 5.10 Å². The lowest BCUT2D eigenvalue weighted by atomic mass is 10.1. The van der Waals surface area contributed by atoms with Gasteiger partial charge in [-0.15, -0.1) is 0 Å². The first-order valence-electron chi connectivity index (χ1n) is 10.8. The van der Waals surface area contributed by atoms with Gasteiger partial charge in [0.1, 0.15) is 28.9 Å². The maximum atomic E-state index is 12.7. The van der Waals surface area contributed by atoms with Crippen molar-refractivity contribution in [2.45, 2.75) is 39.4 Å². The summed E-state index contributed by atoms with van der Waals surface area (Å²) in [5.41, 5.74) is 0.920. The van der Waals surface area contributed by atoms with Crippen LogP contribution in [-0.4, -0.2) is 27.6 Å². The van der Waals surface area contributed by atoms with Crippen molar-refractivity contribution in [3.05, 3.63) is 80.5 Å². The van der Waals surface area contributed by atoms with E-state index >= 15 is 0 Å². The third kappa shape index (κ3) is 7.29. The van der Waals surface area contributed by atoms with Gasteiger partial charge in [0.15, 0.2) is 0 Å². The third-order valence-electron chi connectivity index (χ3n) is 5.13. The average Bonchev–Trinajstić information content (AvgIpc) is 3.14. The first-order valence-corrected chi connectivity index (χ1v) is 11.5. The Hall–Kier alpha value is -2.91. The van der Waals surface area contributed by atoms with Crippen LogP contribution in [0.2, 0.25) is 0 Å². The highest BCUT2D eigenvalue weighted by Crippen LogP contribution is 2.30. The van der Waals surface area contributed by atoms with Crippen LogP contribution in [0.3, 0.4) is 0 Å².